The van der Waals surface area contributed by atoms with Crippen molar-refractivity contribution in [2.24, 2.45) is 0 Å². The van der Waals surface area contributed by atoms with Crippen LogP contribution in [0.4, 0.5) is 5.13 Å². The Morgan fingerprint density at radius 1 is 1.09 bits per heavy atom. The number of ketones is 1. The Kier molecular flexibility index (Phi) is 7.62. The molecule has 8 nitrogen and oxygen atoms in total. The molecule has 0 unspecified atom stereocenters. The van der Waals surface area contributed by atoms with Crippen molar-refractivity contribution in [2.45, 2.75) is 25.7 Å². The summed E-state index contributed by atoms with van der Waals surface area (Å²) in [4.78, 5) is 29.9. The van der Waals surface area contributed by atoms with Gasteiger partial charge >= 0.3 is 0 Å². The fourth-order valence-corrected chi connectivity index (χ4v) is 5.81. The largest absolute Gasteiger partial charge is 0.495 e. The van der Waals surface area contributed by atoms with Gasteiger partial charge in [0.25, 0.3) is 5.91 Å². The third-order valence-electron chi connectivity index (χ3n) is 4.96. The topological polar surface area (TPSA) is 106 Å². The zero-order valence-electron chi connectivity index (χ0n) is 18.8. The first-order chi connectivity index (χ1) is 15.7. The number of carbonyl (C=O) groups is 2. The number of hydrogen-bond donors (Lipinski definition) is 1. The van der Waals surface area contributed by atoms with E-state index in [1.165, 1.54) is 36.5 Å². The van der Waals surface area contributed by atoms with E-state index in [1.807, 2.05) is 30.3 Å². The fourth-order valence-electron chi connectivity index (χ4n) is 3.30. The molecule has 174 valence electrons. The summed E-state index contributed by atoms with van der Waals surface area (Å²) in [7, 11) is -2.48. The van der Waals surface area contributed by atoms with Crippen molar-refractivity contribution in [3.8, 4) is 17.0 Å². The summed E-state index contributed by atoms with van der Waals surface area (Å²) < 4.78 is 32.6. The molecule has 1 heterocycles. The number of Topliss-reactive ketones (excluding diaryl/α,β-unsaturated/α-hetero) is 1. The molecule has 0 fully saturated rings. The molecule has 0 atom stereocenters. The van der Waals surface area contributed by atoms with E-state index >= 15 is 0 Å². The molecule has 2 aromatic carbocycles. The van der Waals surface area contributed by atoms with Crippen molar-refractivity contribution in [2.75, 3.05) is 25.5 Å². The van der Waals surface area contributed by atoms with Gasteiger partial charge in [0.15, 0.2) is 10.9 Å². The lowest BCUT2D eigenvalue weighted by molar-refractivity contribution is 0.101. The number of sulfonamides is 1. The molecule has 1 N–H and O–H groups in total. The van der Waals surface area contributed by atoms with E-state index in [4.69, 9.17) is 4.74 Å². The van der Waals surface area contributed by atoms with Crippen LogP contribution in [0.1, 0.15) is 40.8 Å². The Morgan fingerprint density at radius 2 is 1.76 bits per heavy atom. The second kappa shape index (κ2) is 10.2. The van der Waals surface area contributed by atoms with Crippen molar-refractivity contribution in [1.29, 1.82) is 0 Å². The molecule has 10 heteroatoms. The average Bonchev–Trinajstić information content (AvgIpc) is 3.24. The van der Waals surface area contributed by atoms with Crippen molar-refractivity contribution >= 4 is 38.2 Å². The molecule has 33 heavy (non-hydrogen) atoms. The van der Waals surface area contributed by atoms with E-state index in [9.17, 15) is 18.0 Å². The second-order valence-corrected chi connectivity index (χ2v) is 9.93. The molecule has 1 aromatic heterocycles. The summed E-state index contributed by atoms with van der Waals surface area (Å²) in [5.74, 6) is -0.557. The van der Waals surface area contributed by atoms with Gasteiger partial charge < -0.3 is 4.74 Å². The van der Waals surface area contributed by atoms with Crippen LogP contribution in [0.25, 0.3) is 11.3 Å². The van der Waals surface area contributed by atoms with Crippen LogP contribution in [0.15, 0.2) is 53.4 Å². The maximum atomic E-state index is 13.1. The standard InChI is InChI=1S/C23H25N3O5S2/c1-5-26(6-2)33(29,30)19-14-17(12-13-18(19)31-4)22(28)25-23-24-20(21(32-23)15(3)27)16-10-8-7-9-11-16/h7-14H,5-6H2,1-4H3,(H,24,25,28). The molecule has 1 amide bonds. The van der Waals surface area contributed by atoms with Crippen LogP contribution < -0.4 is 10.1 Å². The third kappa shape index (κ3) is 5.13. The number of carbonyl (C=O) groups excluding carboxylic acids is 2. The highest BCUT2D eigenvalue weighted by molar-refractivity contribution is 7.89. The summed E-state index contributed by atoms with van der Waals surface area (Å²) in [5, 5.41) is 2.93. The van der Waals surface area contributed by atoms with Gasteiger partial charge in [0.1, 0.15) is 10.6 Å². The van der Waals surface area contributed by atoms with E-state index in [1.54, 1.807) is 13.8 Å². The van der Waals surface area contributed by atoms with Crippen LogP contribution in [0.2, 0.25) is 0 Å². The molecule has 0 aliphatic heterocycles. The Hall–Kier alpha value is -3.08. The van der Waals surface area contributed by atoms with Gasteiger partial charge in [0.2, 0.25) is 10.0 Å². The summed E-state index contributed by atoms with van der Waals surface area (Å²) >= 11 is 1.07. The van der Waals surface area contributed by atoms with E-state index < -0.39 is 15.9 Å². The molecule has 0 aliphatic carbocycles. The predicted octanol–water partition coefficient (Wildman–Crippen LogP) is 4.30. The number of ether oxygens (including phenoxy) is 1. The zero-order chi connectivity index (χ0) is 24.2. The quantitative estimate of drug-likeness (QED) is 0.451. The lowest BCUT2D eigenvalue weighted by atomic mass is 10.1. The predicted molar refractivity (Wildman–Crippen MR) is 129 cm³/mol. The number of hydrogen-bond acceptors (Lipinski definition) is 7. The molecular weight excluding hydrogens is 462 g/mol. The molecule has 3 aromatic rings. The van der Waals surface area contributed by atoms with E-state index in [-0.39, 0.29) is 40.2 Å². The van der Waals surface area contributed by atoms with Gasteiger partial charge in [-0.3, -0.25) is 14.9 Å². The van der Waals surface area contributed by atoms with E-state index in [0.717, 1.165) is 16.9 Å². The maximum Gasteiger partial charge on any atom is 0.257 e. The lowest BCUT2D eigenvalue weighted by Crippen LogP contribution is -2.31. The maximum absolute atomic E-state index is 13.1. The summed E-state index contributed by atoms with van der Waals surface area (Å²) in [6.07, 6.45) is 0. The molecule has 0 spiro atoms. The van der Waals surface area contributed by atoms with Crippen molar-refractivity contribution in [3.63, 3.8) is 0 Å². The third-order valence-corrected chi connectivity index (χ3v) is 8.11. The van der Waals surface area contributed by atoms with Crippen LogP contribution in [0.5, 0.6) is 5.75 Å². The van der Waals surface area contributed by atoms with Crippen LogP contribution in [-0.2, 0) is 10.0 Å². The first kappa shape index (κ1) is 24.6. The Balaban J connectivity index is 1.97. The minimum absolute atomic E-state index is 0.0881. The Morgan fingerprint density at radius 3 is 2.33 bits per heavy atom. The van der Waals surface area contributed by atoms with Crippen LogP contribution in [0, 0.1) is 0 Å². The lowest BCUT2D eigenvalue weighted by Gasteiger charge is -2.20. The molecule has 0 bridgehead atoms. The summed E-state index contributed by atoms with van der Waals surface area (Å²) in [5.41, 5.74) is 1.38. The van der Waals surface area contributed by atoms with Gasteiger partial charge in [0, 0.05) is 31.1 Å². The molecule has 0 saturated carbocycles. The van der Waals surface area contributed by atoms with Crippen LogP contribution in [-0.4, -0.2) is 49.6 Å². The number of thiazole rings is 1. The number of methoxy groups -OCH3 is 1. The van der Waals surface area contributed by atoms with Crippen molar-refractivity contribution in [1.82, 2.24) is 9.29 Å². The van der Waals surface area contributed by atoms with E-state index in [0.29, 0.717) is 10.6 Å². The summed E-state index contributed by atoms with van der Waals surface area (Å²) in [6.45, 7) is 5.49. The van der Waals surface area contributed by atoms with Gasteiger partial charge in [0.05, 0.1) is 17.7 Å². The second-order valence-electron chi connectivity index (χ2n) is 7.03. The Labute approximate surface area is 197 Å². The van der Waals surface area contributed by atoms with Crippen LogP contribution >= 0.6 is 11.3 Å². The molecular formula is C23H25N3O5S2. The minimum atomic E-state index is -3.85. The van der Waals surface area contributed by atoms with E-state index in [2.05, 4.69) is 10.3 Å². The number of benzene rings is 2. The van der Waals surface area contributed by atoms with Gasteiger partial charge in [-0.2, -0.15) is 4.31 Å². The fraction of sp³-hybridized carbons (Fsp3) is 0.261. The van der Waals surface area contributed by atoms with Gasteiger partial charge in [-0.1, -0.05) is 55.5 Å². The SMILES string of the molecule is CCN(CC)S(=O)(=O)c1cc(C(=O)Nc2nc(-c3ccccc3)c(C(C)=O)s2)ccc1OC. The number of nitrogens with zero attached hydrogens (tertiary/aromatic N) is 2. The molecule has 0 radical (unpaired) electrons. The van der Waals surface area contributed by atoms with Crippen LogP contribution in [0.3, 0.4) is 0 Å². The highest BCUT2D eigenvalue weighted by Crippen LogP contribution is 2.32. The number of rotatable bonds is 9. The minimum Gasteiger partial charge on any atom is -0.495 e. The highest BCUT2D eigenvalue weighted by Gasteiger charge is 2.27. The number of amides is 1. The molecule has 3 rings (SSSR count). The Bertz CT molecular complexity index is 1270. The van der Waals surface area contributed by atoms with Crippen molar-refractivity contribution < 1.29 is 22.7 Å². The van der Waals surface area contributed by atoms with Gasteiger partial charge in [-0.15, -0.1) is 0 Å². The number of anilines is 1. The number of aromatic nitrogens is 1. The smallest absolute Gasteiger partial charge is 0.257 e. The first-order valence-electron chi connectivity index (χ1n) is 10.3. The summed E-state index contributed by atoms with van der Waals surface area (Å²) in [6, 6.07) is 13.4. The monoisotopic (exact) mass is 487 g/mol. The normalized spacial score (nSPS) is 11.4. The first-order valence-corrected chi connectivity index (χ1v) is 12.5. The highest BCUT2D eigenvalue weighted by atomic mass is 32.2. The van der Waals surface area contributed by atoms with Gasteiger partial charge in [-0.25, -0.2) is 13.4 Å². The van der Waals surface area contributed by atoms with Crippen molar-refractivity contribution in [3.05, 3.63) is 59.0 Å². The van der Waals surface area contributed by atoms with Gasteiger partial charge in [-0.05, 0) is 18.2 Å². The average molecular weight is 488 g/mol. The molecule has 0 saturated heterocycles. The molecule has 0 aliphatic rings. The number of nitrogens with one attached hydrogen (secondary N) is 1. The zero-order valence-corrected chi connectivity index (χ0v) is 20.4.